The molecule has 1 heterocycles. The third kappa shape index (κ3) is 5.43. The molecule has 1 aromatic heterocycles. The molecule has 0 saturated heterocycles. The van der Waals surface area contributed by atoms with Crippen LogP contribution in [0.1, 0.15) is 27.9 Å². The van der Waals surface area contributed by atoms with Gasteiger partial charge in [0.05, 0.1) is 12.4 Å². The maximum Gasteiger partial charge on any atom is 0.265 e. The average Bonchev–Trinajstić information content (AvgIpc) is 2.67. The molecule has 0 atom stereocenters. The number of aromatic nitrogens is 3. The van der Waals surface area contributed by atoms with Gasteiger partial charge in [0.15, 0.2) is 5.82 Å². The Hall–Kier alpha value is -3.61. The molecule has 0 unspecified atom stereocenters. The van der Waals surface area contributed by atoms with Crippen LogP contribution in [0.25, 0.3) is 0 Å². The fourth-order valence-electron chi connectivity index (χ4n) is 2.17. The number of hydrogen-bond donors (Lipinski definition) is 2. The zero-order valence-electron chi connectivity index (χ0n) is 15.5. The van der Waals surface area contributed by atoms with Crippen LogP contribution in [0, 0.1) is 20.8 Å². The first-order chi connectivity index (χ1) is 13.1. The van der Waals surface area contributed by atoms with Gasteiger partial charge >= 0.3 is 0 Å². The zero-order chi connectivity index (χ0) is 19.1. The maximum atomic E-state index is 4.34. The second-order valence-corrected chi connectivity index (χ2v) is 6.13. The lowest BCUT2D eigenvalue weighted by molar-refractivity contribution is 0.922. The highest BCUT2D eigenvalue weighted by atomic mass is 15.4. The Morgan fingerprint density at radius 1 is 0.704 bits per heavy atom. The van der Waals surface area contributed by atoms with E-state index in [0.717, 1.165) is 11.1 Å². The number of rotatable bonds is 6. The number of nitrogens with zero attached hydrogens (tertiary/aromatic N) is 5. The van der Waals surface area contributed by atoms with Crippen LogP contribution in [0.2, 0.25) is 0 Å². The molecule has 0 aliphatic heterocycles. The molecule has 0 saturated carbocycles. The molecule has 2 N–H and O–H groups in total. The summed E-state index contributed by atoms with van der Waals surface area (Å²) in [4.78, 5) is 4.34. The Kier molecular flexibility index (Phi) is 5.84. The zero-order valence-corrected chi connectivity index (χ0v) is 15.5. The van der Waals surface area contributed by atoms with E-state index in [1.54, 1.807) is 12.4 Å². The van der Waals surface area contributed by atoms with Gasteiger partial charge in [-0.05, 0) is 31.9 Å². The van der Waals surface area contributed by atoms with Gasteiger partial charge in [0, 0.05) is 0 Å². The quantitative estimate of drug-likeness (QED) is 0.518. The summed E-state index contributed by atoms with van der Waals surface area (Å²) in [6, 6.07) is 16.1. The van der Waals surface area contributed by atoms with Crippen LogP contribution in [-0.2, 0) is 0 Å². The van der Waals surface area contributed by atoms with E-state index in [4.69, 9.17) is 0 Å². The van der Waals surface area contributed by atoms with Gasteiger partial charge in [0.1, 0.15) is 5.69 Å². The summed E-state index contributed by atoms with van der Waals surface area (Å²) in [5.74, 6) is 0.804. The normalized spacial score (nSPS) is 11.2. The lowest BCUT2D eigenvalue weighted by atomic mass is 10.2. The van der Waals surface area contributed by atoms with E-state index >= 15 is 0 Å². The molecule has 7 nitrogen and oxygen atoms in total. The molecule has 0 spiro atoms. The van der Waals surface area contributed by atoms with Gasteiger partial charge in [-0.1, -0.05) is 59.7 Å². The lowest BCUT2D eigenvalue weighted by Gasteiger charge is -2.04. The molecule has 3 rings (SSSR count). The predicted octanol–water partition coefficient (Wildman–Crippen LogP) is 3.69. The van der Waals surface area contributed by atoms with Gasteiger partial charge in [-0.3, -0.25) is 5.43 Å². The van der Waals surface area contributed by atoms with E-state index < -0.39 is 0 Å². The minimum absolute atomic E-state index is 0.289. The fraction of sp³-hybridized carbons (Fsp3) is 0.150. The van der Waals surface area contributed by atoms with E-state index in [-0.39, 0.29) is 5.95 Å². The van der Waals surface area contributed by atoms with Gasteiger partial charge < -0.3 is 0 Å². The Morgan fingerprint density at radius 3 is 1.78 bits per heavy atom. The molecule has 0 fully saturated rings. The smallest absolute Gasteiger partial charge is 0.260 e. The van der Waals surface area contributed by atoms with Crippen molar-refractivity contribution in [2.45, 2.75) is 20.8 Å². The Bertz CT molecular complexity index is 945. The van der Waals surface area contributed by atoms with Crippen LogP contribution >= 0.6 is 0 Å². The molecule has 0 bridgehead atoms. The highest BCUT2D eigenvalue weighted by Gasteiger charge is 2.03. The van der Waals surface area contributed by atoms with Crippen molar-refractivity contribution in [2.24, 2.45) is 10.2 Å². The number of hydrogen-bond acceptors (Lipinski definition) is 7. The minimum atomic E-state index is 0.289. The van der Waals surface area contributed by atoms with Crippen molar-refractivity contribution in [3.63, 3.8) is 0 Å². The van der Waals surface area contributed by atoms with Crippen LogP contribution in [0.4, 0.5) is 11.8 Å². The first-order valence-electron chi connectivity index (χ1n) is 8.53. The van der Waals surface area contributed by atoms with E-state index in [2.05, 4.69) is 36.2 Å². The Labute approximate surface area is 158 Å². The highest BCUT2D eigenvalue weighted by Crippen LogP contribution is 2.10. The molecular weight excluding hydrogens is 338 g/mol. The molecule has 136 valence electrons. The highest BCUT2D eigenvalue weighted by molar-refractivity contribution is 5.80. The van der Waals surface area contributed by atoms with Crippen molar-refractivity contribution in [1.82, 2.24) is 15.2 Å². The second-order valence-electron chi connectivity index (χ2n) is 6.13. The van der Waals surface area contributed by atoms with E-state index in [1.807, 2.05) is 69.3 Å². The molecule has 0 aliphatic rings. The van der Waals surface area contributed by atoms with E-state index in [0.29, 0.717) is 11.5 Å². The van der Waals surface area contributed by atoms with Gasteiger partial charge in [-0.25, -0.2) is 5.43 Å². The van der Waals surface area contributed by atoms with Crippen molar-refractivity contribution in [1.29, 1.82) is 0 Å². The van der Waals surface area contributed by atoms with Crippen LogP contribution in [-0.4, -0.2) is 27.6 Å². The molecule has 0 aliphatic carbocycles. The van der Waals surface area contributed by atoms with Crippen LogP contribution < -0.4 is 10.9 Å². The number of hydrazone groups is 2. The Balaban J connectivity index is 1.63. The number of benzene rings is 2. The topological polar surface area (TPSA) is 87.5 Å². The first kappa shape index (κ1) is 18.2. The largest absolute Gasteiger partial charge is 0.265 e. The molecule has 7 heteroatoms. The van der Waals surface area contributed by atoms with Crippen LogP contribution in [0.5, 0.6) is 0 Å². The summed E-state index contributed by atoms with van der Waals surface area (Å²) >= 11 is 0. The van der Waals surface area contributed by atoms with Crippen molar-refractivity contribution in [3.8, 4) is 0 Å². The van der Waals surface area contributed by atoms with Crippen LogP contribution in [0.15, 0.2) is 58.7 Å². The van der Waals surface area contributed by atoms with E-state index in [1.165, 1.54) is 11.1 Å². The molecule has 3 aromatic rings. The summed E-state index contributed by atoms with van der Waals surface area (Å²) in [5.41, 5.74) is 10.7. The fourth-order valence-corrected chi connectivity index (χ4v) is 2.17. The molecule has 27 heavy (non-hydrogen) atoms. The van der Waals surface area contributed by atoms with Crippen molar-refractivity contribution < 1.29 is 0 Å². The molecule has 0 radical (unpaired) electrons. The number of aryl methyl sites for hydroxylation is 3. The third-order valence-corrected chi connectivity index (χ3v) is 3.77. The van der Waals surface area contributed by atoms with Gasteiger partial charge in [-0.15, -0.1) is 10.2 Å². The summed E-state index contributed by atoms with van der Waals surface area (Å²) < 4.78 is 0. The molecule has 2 aromatic carbocycles. The van der Waals surface area contributed by atoms with Gasteiger partial charge in [0.25, 0.3) is 5.95 Å². The maximum absolute atomic E-state index is 4.34. The van der Waals surface area contributed by atoms with Gasteiger partial charge in [0.2, 0.25) is 0 Å². The van der Waals surface area contributed by atoms with E-state index in [9.17, 15) is 0 Å². The van der Waals surface area contributed by atoms with Gasteiger partial charge in [-0.2, -0.15) is 15.2 Å². The van der Waals surface area contributed by atoms with Crippen molar-refractivity contribution >= 4 is 24.2 Å². The number of nitrogens with one attached hydrogen (secondary N) is 2. The third-order valence-electron chi connectivity index (χ3n) is 3.77. The standard InChI is InChI=1S/C20H21N7/c1-14-4-8-17(9-5-14)12-21-25-19-16(3)24-27-20(23-19)26-22-13-18-10-6-15(2)7-11-18/h4-13H,1-3H3,(H2,23,25,26,27)/b21-12-,22-13-. The summed E-state index contributed by atoms with van der Waals surface area (Å²) in [6.07, 6.45) is 3.43. The average molecular weight is 359 g/mol. The lowest BCUT2D eigenvalue weighted by Crippen LogP contribution is -2.05. The Morgan fingerprint density at radius 2 is 1.22 bits per heavy atom. The second kappa shape index (κ2) is 8.66. The minimum Gasteiger partial charge on any atom is -0.260 e. The monoisotopic (exact) mass is 359 g/mol. The number of anilines is 2. The summed E-state index contributed by atoms with van der Waals surface area (Å²) in [5, 5.41) is 16.4. The first-order valence-corrected chi connectivity index (χ1v) is 8.53. The summed E-state index contributed by atoms with van der Waals surface area (Å²) in [6.45, 7) is 5.90. The van der Waals surface area contributed by atoms with Crippen LogP contribution in [0.3, 0.4) is 0 Å². The molecule has 0 amide bonds. The summed E-state index contributed by atoms with van der Waals surface area (Å²) in [7, 11) is 0. The predicted molar refractivity (Wildman–Crippen MR) is 109 cm³/mol. The van der Waals surface area contributed by atoms with Crippen molar-refractivity contribution in [3.05, 3.63) is 76.5 Å². The van der Waals surface area contributed by atoms with Crippen molar-refractivity contribution in [2.75, 3.05) is 10.9 Å². The molecular formula is C20H21N7. The SMILES string of the molecule is Cc1ccc(/C=N\Nc2nnc(C)c(N/N=C\c3ccc(C)cc3)n2)cc1.